The molecule has 8 heteroatoms. The van der Waals surface area contributed by atoms with Crippen molar-refractivity contribution in [3.8, 4) is 0 Å². The Labute approximate surface area is 177 Å². The highest BCUT2D eigenvalue weighted by Gasteiger charge is 2.30. The van der Waals surface area contributed by atoms with Gasteiger partial charge in [-0.2, -0.15) is 0 Å². The number of sulfonamides is 1. The molecule has 1 fully saturated rings. The monoisotopic (exact) mass is 429 g/mol. The zero-order valence-corrected chi connectivity index (χ0v) is 17.8. The quantitative estimate of drug-likeness (QED) is 0.706. The number of anilines is 2. The molecule has 30 heavy (non-hydrogen) atoms. The van der Waals surface area contributed by atoms with Gasteiger partial charge >= 0.3 is 0 Å². The summed E-state index contributed by atoms with van der Waals surface area (Å²) in [6, 6.07) is 15.9. The molecule has 1 aliphatic rings. The molecule has 0 aromatic heterocycles. The average molecular weight is 430 g/mol. The predicted molar refractivity (Wildman–Crippen MR) is 118 cm³/mol. The Bertz CT molecular complexity index is 967. The van der Waals surface area contributed by atoms with Gasteiger partial charge in [0.15, 0.2) is 0 Å². The van der Waals surface area contributed by atoms with E-state index in [2.05, 4.69) is 10.6 Å². The first-order chi connectivity index (χ1) is 14.4. The van der Waals surface area contributed by atoms with Crippen LogP contribution in [-0.2, 0) is 14.8 Å². The molecule has 0 aliphatic carbocycles. The minimum Gasteiger partial charge on any atom is -0.326 e. The number of piperidine rings is 1. The average Bonchev–Trinajstić information content (AvgIpc) is 2.76. The molecule has 1 saturated heterocycles. The Morgan fingerprint density at radius 3 is 2.07 bits per heavy atom. The second kappa shape index (κ2) is 9.86. The first kappa shape index (κ1) is 22.0. The number of benzene rings is 2. The topological polar surface area (TPSA) is 95.6 Å². The van der Waals surface area contributed by atoms with Crippen molar-refractivity contribution in [1.82, 2.24) is 4.31 Å². The van der Waals surface area contributed by atoms with Gasteiger partial charge in [-0.15, -0.1) is 0 Å². The Balaban J connectivity index is 1.51. The number of carbonyl (C=O) groups excluding carboxylic acids is 2. The third kappa shape index (κ3) is 5.67. The summed E-state index contributed by atoms with van der Waals surface area (Å²) in [6.45, 7) is 2.60. The second-order valence-corrected chi connectivity index (χ2v) is 9.46. The van der Waals surface area contributed by atoms with Crippen LogP contribution >= 0.6 is 0 Å². The van der Waals surface area contributed by atoms with Crippen LogP contribution in [0.25, 0.3) is 0 Å². The van der Waals surface area contributed by atoms with Crippen molar-refractivity contribution in [2.24, 2.45) is 5.92 Å². The van der Waals surface area contributed by atoms with Gasteiger partial charge in [0.2, 0.25) is 15.9 Å². The van der Waals surface area contributed by atoms with Gasteiger partial charge in [0, 0.05) is 35.9 Å². The standard InChI is InChI=1S/C22H27N3O4S/c1-2-16-30(28,29)25-14-12-18(13-15-25)22(27)24-20-10-8-19(9-11-20)23-21(26)17-6-4-3-5-7-17/h3-11,18H,2,12-16H2,1H3,(H,23,26)(H,24,27). The molecule has 0 atom stereocenters. The smallest absolute Gasteiger partial charge is 0.255 e. The molecule has 3 rings (SSSR count). The lowest BCUT2D eigenvalue weighted by Gasteiger charge is -2.30. The van der Waals surface area contributed by atoms with E-state index in [1.165, 1.54) is 4.31 Å². The second-order valence-electron chi connectivity index (χ2n) is 7.38. The van der Waals surface area contributed by atoms with Gasteiger partial charge in [-0.3, -0.25) is 9.59 Å². The van der Waals surface area contributed by atoms with Crippen molar-refractivity contribution in [3.05, 3.63) is 60.2 Å². The molecule has 0 bridgehead atoms. The molecule has 2 aromatic rings. The van der Waals surface area contributed by atoms with Crippen LogP contribution in [-0.4, -0.2) is 43.4 Å². The lowest BCUT2D eigenvalue weighted by Crippen LogP contribution is -2.42. The molecular weight excluding hydrogens is 402 g/mol. The molecule has 2 amide bonds. The maximum absolute atomic E-state index is 12.5. The third-order valence-electron chi connectivity index (χ3n) is 5.13. The van der Waals surface area contributed by atoms with Gasteiger partial charge in [-0.05, 0) is 55.7 Å². The SMILES string of the molecule is CCCS(=O)(=O)N1CCC(C(=O)Nc2ccc(NC(=O)c3ccccc3)cc2)CC1. The number of nitrogens with one attached hydrogen (secondary N) is 2. The van der Waals surface area contributed by atoms with Crippen molar-refractivity contribution in [3.63, 3.8) is 0 Å². The Kier molecular flexibility index (Phi) is 7.23. The van der Waals surface area contributed by atoms with Crippen LogP contribution in [0.1, 0.15) is 36.5 Å². The molecule has 0 saturated carbocycles. The fourth-order valence-electron chi connectivity index (χ4n) is 3.46. The van der Waals surface area contributed by atoms with E-state index in [1.54, 1.807) is 48.5 Å². The number of rotatable bonds is 7. The molecule has 0 spiro atoms. The van der Waals surface area contributed by atoms with Crippen LogP contribution in [0, 0.1) is 5.92 Å². The van der Waals surface area contributed by atoms with E-state index in [0.717, 1.165) is 0 Å². The van der Waals surface area contributed by atoms with Crippen molar-refractivity contribution in [2.75, 3.05) is 29.5 Å². The number of carbonyl (C=O) groups is 2. The van der Waals surface area contributed by atoms with Gasteiger partial charge in [0.25, 0.3) is 5.91 Å². The minimum atomic E-state index is -3.21. The zero-order valence-electron chi connectivity index (χ0n) is 17.0. The fourth-order valence-corrected chi connectivity index (χ4v) is 5.00. The summed E-state index contributed by atoms with van der Waals surface area (Å²) < 4.78 is 25.8. The molecule has 2 N–H and O–H groups in total. The molecule has 0 unspecified atom stereocenters. The lowest BCUT2D eigenvalue weighted by atomic mass is 9.97. The van der Waals surface area contributed by atoms with Crippen LogP contribution in [0.2, 0.25) is 0 Å². The molecular formula is C22H27N3O4S. The highest BCUT2D eigenvalue weighted by atomic mass is 32.2. The number of amides is 2. The lowest BCUT2D eigenvalue weighted by molar-refractivity contribution is -0.120. The summed E-state index contributed by atoms with van der Waals surface area (Å²) in [5.41, 5.74) is 1.84. The summed E-state index contributed by atoms with van der Waals surface area (Å²) >= 11 is 0. The van der Waals surface area contributed by atoms with Gasteiger partial charge in [0.05, 0.1) is 5.75 Å². The molecule has 2 aromatic carbocycles. The van der Waals surface area contributed by atoms with E-state index in [0.29, 0.717) is 49.3 Å². The van der Waals surface area contributed by atoms with E-state index in [4.69, 9.17) is 0 Å². The van der Waals surface area contributed by atoms with Crippen LogP contribution in [0.5, 0.6) is 0 Å². The Morgan fingerprint density at radius 1 is 0.933 bits per heavy atom. The van der Waals surface area contributed by atoms with Crippen molar-refractivity contribution < 1.29 is 18.0 Å². The minimum absolute atomic E-state index is 0.108. The maximum Gasteiger partial charge on any atom is 0.255 e. The largest absolute Gasteiger partial charge is 0.326 e. The predicted octanol–water partition coefficient (Wildman–Crippen LogP) is 3.33. The van der Waals surface area contributed by atoms with E-state index in [-0.39, 0.29) is 23.5 Å². The van der Waals surface area contributed by atoms with Crippen LogP contribution < -0.4 is 10.6 Å². The molecule has 0 radical (unpaired) electrons. The van der Waals surface area contributed by atoms with E-state index >= 15 is 0 Å². The van der Waals surface area contributed by atoms with E-state index in [9.17, 15) is 18.0 Å². The van der Waals surface area contributed by atoms with E-state index < -0.39 is 10.0 Å². The van der Waals surface area contributed by atoms with Crippen LogP contribution in [0.3, 0.4) is 0 Å². The highest BCUT2D eigenvalue weighted by molar-refractivity contribution is 7.89. The first-order valence-corrected chi connectivity index (χ1v) is 11.7. The van der Waals surface area contributed by atoms with Gasteiger partial charge in [0.1, 0.15) is 0 Å². The normalized spacial score (nSPS) is 15.5. The number of hydrogen-bond acceptors (Lipinski definition) is 4. The first-order valence-electron chi connectivity index (χ1n) is 10.1. The summed E-state index contributed by atoms with van der Waals surface area (Å²) in [4.78, 5) is 24.7. The molecule has 1 aliphatic heterocycles. The summed E-state index contributed by atoms with van der Waals surface area (Å²) in [6.07, 6.45) is 1.62. The van der Waals surface area contributed by atoms with Gasteiger partial charge in [-0.1, -0.05) is 25.1 Å². The highest BCUT2D eigenvalue weighted by Crippen LogP contribution is 2.22. The molecule has 7 nitrogen and oxygen atoms in total. The van der Waals surface area contributed by atoms with Crippen molar-refractivity contribution >= 4 is 33.2 Å². The Morgan fingerprint density at radius 2 is 1.50 bits per heavy atom. The molecule has 160 valence electrons. The summed E-state index contributed by atoms with van der Waals surface area (Å²) in [5.74, 6) is -0.367. The summed E-state index contributed by atoms with van der Waals surface area (Å²) in [5, 5.41) is 5.70. The maximum atomic E-state index is 12.5. The third-order valence-corrected chi connectivity index (χ3v) is 7.20. The van der Waals surface area contributed by atoms with Crippen molar-refractivity contribution in [1.29, 1.82) is 0 Å². The summed E-state index contributed by atoms with van der Waals surface area (Å²) in [7, 11) is -3.21. The Hall–Kier alpha value is -2.71. The van der Waals surface area contributed by atoms with Gasteiger partial charge in [-0.25, -0.2) is 12.7 Å². The zero-order chi connectivity index (χ0) is 21.6. The van der Waals surface area contributed by atoms with Crippen LogP contribution in [0.4, 0.5) is 11.4 Å². The number of hydrogen-bond donors (Lipinski definition) is 2. The van der Waals surface area contributed by atoms with Crippen LogP contribution in [0.15, 0.2) is 54.6 Å². The van der Waals surface area contributed by atoms with Crippen molar-refractivity contribution in [2.45, 2.75) is 26.2 Å². The molecule has 1 heterocycles. The number of nitrogens with zero attached hydrogens (tertiary/aromatic N) is 1. The fraction of sp³-hybridized carbons (Fsp3) is 0.364. The van der Waals surface area contributed by atoms with E-state index in [1.807, 2.05) is 13.0 Å². The van der Waals surface area contributed by atoms with Gasteiger partial charge < -0.3 is 10.6 Å².